The zero-order chi connectivity index (χ0) is 24.3. The van der Waals surface area contributed by atoms with E-state index in [1.165, 1.54) is 38.5 Å². The molecule has 2 aromatic rings. The molecule has 186 valence electrons. The van der Waals surface area contributed by atoms with Crippen LogP contribution in [0.2, 0.25) is 5.02 Å². The molecule has 0 bridgehead atoms. The topological polar surface area (TPSA) is 70.8 Å². The number of nitrogens with one attached hydrogen (secondary N) is 1. The van der Waals surface area contributed by atoms with E-state index in [1.54, 1.807) is 12.1 Å². The number of carbonyl (C=O) groups excluding carboxylic acids is 1. The molecule has 7 heteroatoms. The number of amides is 1. The van der Waals surface area contributed by atoms with Crippen LogP contribution in [0, 0.1) is 5.92 Å². The van der Waals surface area contributed by atoms with E-state index < -0.39 is 0 Å². The third-order valence-electron chi connectivity index (χ3n) is 6.63. The van der Waals surface area contributed by atoms with Crippen molar-refractivity contribution in [2.45, 2.75) is 38.6 Å². The minimum Gasteiger partial charge on any atom is -0.496 e. The van der Waals surface area contributed by atoms with Crippen molar-refractivity contribution in [3.8, 4) is 5.75 Å². The lowest BCUT2D eigenvalue weighted by atomic mass is 9.96. The predicted octanol–water partition coefficient (Wildman–Crippen LogP) is 4.67. The Kier molecular flexibility index (Phi) is 10.5. The summed E-state index contributed by atoms with van der Waals surface area (Å²) in [5.74, 6) is 0.779. The largest absolute Gasteiger partial charge is 0.496 e. The number of unbranched alkanes of at least 4 members (excludes halogenated alkanes) is 2. The number of rotatable bonds is 12. The Hall–Kier alpha value is -2.28. The predicted molar refractivity (Wildman–Crippen MR) is 141 cm³/mol. The number of methoxy groups -OCH3 is 1. The lowest BCUT2D eigenvalue weighted by Gasteiger charge is -2.32. The average Bonchev–Trinajstić information content (AvgIpc) is 2.85. The summed E-state index contributed by atoms with van der Waals surface area (Å²) < 4.78 is 5.29. The highest BCUT2D eigenvalue weighted by Crippen LogP contribution is 2.29. The quantitative estimate of drug-likeness (QED) is 0.337. The van der Waals surface area contributed by atoms with Crippen molar-refractivity contribution in [2.24, 2.45) is 5.92 Å². The van der Waals surface area contributed by atoms with Gasteiger partial charge >= 0.3 is 0 Å². The number of anilines is 1. The summed E-state index contributed by atoms with van der Waals surface area (Å²) in [6.45, 7) is 6.20. The number of nitrogens with two attached hydrogens (primary N) is 1. The van der Waals surface area contributed by atoms with Crippen LogP contribution in [0.1, 0.15) is 48.0 Å². The molecular formula is C27H39ClN4O2. The molecule has 0 saturated carbocycles. The Balaban J connectivity index is 1.28. The van der Waals surface area contributed by atoms with E-state index in [-0.39, 0.29) is 5.91 Å². The number of halogens is 1. The second-order valence-corrected chi connectivity index (χ2v) is 9.76. The van der Waals surface area contributed by atoms with E-state index in [9.17, 15) is 4.79 Å². The molecule has 0 unspecified atom stereocenters. The summed E-state index contributed by atoms with van der Waals surface area (Å²) in [5, 5.41) is 3.41. The van der Waals surface area contributed by atoms with E-state index in [4.69, 9.17) is 22.1 Å². The zero-order valence-electron chi connectivity index (χ0n) is 20.6. The average molecular weight is 487 g/mol. The van der Waals surface area contributed by atoms with E-state index in [0.29, 0.717) is 34.5 Å². The maximum Gasteiger partial charge on any atom is 0.255 e. The van der Waals surface area contributed by atoms with E-state index in [1.807, 2.05) is 0 Å². The number of hydrogen-bond acceptors (Lipinski definition) is 5. The van der Waals surface area contributed by atoms with Gasteiger partial charge in [-0.05, 0) is 76.5 Å². The fourth-order valence-electron chi connectivity index (χ4n) is 4.53. The van der Waals surface area contributed by atoms with Gasteiger partial charge in [-0.3, -0.25) is 4.79 Å². The Morgan fingerprint density at radius 3 is 2.62 bits per heavy atom. The van der Waals surface area contributed by atoms with E-state index in [0.717, 1.165) is 39.0 Å². The number of nitrogens with zero attached hydrogens (tertiary/aromatic N) is 2. The number of likely N-dealkylation sites (tertiary alicyclic amines) is 1. The highest BCUT2D eigenvalue weighted by Gasteiger charge is 2.21. The van der Waals surface area contributed by atoms with Crippen molar-refractivity contribution in [1.29, 1.82) is 0 Å². The fourth-order valence-corrected chi connectivity index (χ4v) is 4.69. The first kappa shape index (κ1) is 26.3. The first-order valence-corrected chi connectivity index (χ1v) is 12.7. The van der Waals surface area contributed by atoms with Crippen molar-refractivity contribution >= 4 is 23.2 Å². The van der Waals surface area contributed by atoms with Gasteiger partial charge in [-0.25, -0.2) is 0 Å². The molecule has 3 N–H and O–H groups in total. The maximum atomic E-state index is 12.6. The Morgan fingerprint density at radius 2 is 1.91 bits per heavy atom. The van der Waals surface area contributed by atoms with Gasteiger partial charge in [-0.1, -0.05) is 48.4 Å². The number of piperidine rings is 1. The Labute approximate surface area is 209 Å². The van der Waals surface area contributed by atoms with Gasteiger partial charge in [0.25, 0.3) is 5.91 Å². The molecule has 1 fully saturated rings. The smallest absolute Gasteiger partial charge is 0.255 e. The van der Waals surface area contributed by atoms with Crippen LogP contribution in [0.25, 0.3) is 0 Å². The number of benzene rings is 2. The zero-order valence-corrected chi connectivity index (χ0v) is 21.3. The third-order valence-corrected chi connectivity index (χ3v) is 6.96. The molecule has 1 aliphatic rings. The van der Waals surface area contributed by atoms with Crippen LogP contribution in [0.15, 0.2) is 42.5 Å². The maximum absolute atomic E-state index is 12.6. The second-order valence-electron chi connectivity index (χ2n) is 9.35. The molecule has 0 aromatic heterocycles. The summed E-state index contributed by atoms with van der Waals surface area (Å²) in [7, 11) is 3.73. The lowest BCUT2D eigenvalue weighted by Crippen LogP contribution is -2.39. The Bertz CT molecular complexity index is 901. The van der Waals surface area contributed by atoms with Crippen molar-refractivity contribution < 1.29 is 9.53 Å². The molecule has 6 nitrogen and oxygen atoms in total. The van der Waals surface area contributed by atoms with Crippen molar-refractivity contribution in [1.82, 2.24) is 15.1 Å². The summed E-state index contributed by atoms with van der Waals surface area (Å²) in [6, 6.07) is 13.8. The fraction of sp³-hybridized carbons (Fsp3) is 0.519. The molecule has 1 saturated heterocycles. The molecule has 1 amide bonds. The van der Waals surface area contributed by atoms with Gasteiger partial charge in [-0.15, -0.1) is 0 Å². The van der Waals surface area contributed by atoms with Crippen LogP contribution in [-0.4, -0.2) is 62.6 Å². The minimum absolute atomic E-state index is 0.168. The normalized spacial score (nSPS) is 14.9. The molecule has 0 atom stereocenters. The molecule has 0 radical (unpaired) electrons. The van der Waals surface area contributed by atoms with Gasteiger partial charge in [0.1, 0.15) is 5.75 Å². The van der Waals surface area contributed by atoms with E-state index in [2.05, 4.69) is 52.5 Å². The Morgan fingerprint density at radius 1 is 1.18 bits per heavy atom. The standard InChI is InChI=1S/C27H39ClN4O2/c1-31(20-22-9-5-3-6-10-22)13-7-4-8-14-32-15-11-21(12-16-32)19-30-27(33)23-17-24(28)25(29)18-26(23)34-2/h3,5-6,9-10,17-18,21H,4,7-8,11-16,19-20,29H2,1-2H3,(H,30,33). The van der Waals surface area contributed by atoms with Gasteiger partial charge < -0.3 is 25.6 Å². The van der Waals surface area contributed by atoms with Crippen LogP contribution in [0.3, 0.4) is 0 Å². The molecule has 34 heavy (non-hydrogen) atoms. The number of ether oxygens (including phenoxy) is 1. The van der Waals surface area contributed by atoms with Crippen molar-refractivity contribution in [2.75, 3.05) is 52.6 Å². The number of carbonyl (C=O) groups is 1. The summed E-state index contributed by atoms with van der Waals surface area (Å²) >= 11 is 6.09. The molecule has 1 aliphatic heterocycles. The van der Waals surface area contributed by atoms with Crippen LogP contribution in [-0.2, 0) is 6.54 Å². The number of hydrogen-bond donors (Lipinski definition) is 2. The SMILES string of the molecule is COc1cc(N)c(Cl)cc1C(=O)NCC1CCN(CCCCCN(C)Cc2ccccc2)CC1. The van der Waals surface area contributed by atoms with Crippen LogP contribution in [0.4, 0.5) is 5.69 Å². The van der Waals surface area contributed by atoms with Crippen LogP contribution in [0.5, 0.6) is 5.75 Å². The number of nitrogen functional groups attached to an aromatic ring is 1. The lowest BCUT2D eigenvalue weighted by molar-refractivity contribution is 0.0933. The van der Waals surface area contributed by atoms with Gasteiger partial charge in [0.05, 0.1) is 23.4 Å². The summed E-state index contributed by atoms with van der Waals surface area (Å²) in [4.78, 5) is 17.6. The van der Waals surface area contributed by atoms with Crippen molar-refractivity contribution in [3.63, 3.8) is 0 Å². The third kappa shape index (κ3) is 8.19. The van der Waals surface area contributed by atoms with Gasteiger partial charge in [0.15, 0.2) is 0 Å². The second kappa shape index (κ2) is 13.6. The molecule has 1 heterocycles. The van der Waals surface area contributed by atoms with Crippen molar-refractivity contribution in [3.05, 3.63) is 58.6 Å². The molecule has 2 aromatic carbocycles. The van der Waals surface area contributed by atoms with Gasteiger partial charge in [0.2, 0.25) is 0 Å². The molecule has 0 aliphatic carbocycles. The van der Waals surface area contributed by atoms with Crippen LogP contribution < -0.4 is 15.8 Å². The van der Waals surface area contributed by atoms with Crippen LogP contribution >= 0.6 is 11.6 Å². The monoisotopic (exact) mass is 486 g/mol. The van der Waals surface area contributed by atoms with Gasteiger partial charge in [0, 0.05) is 19.2 Å². The highest BCUT2D eigenvalue weighted by molar-refractivity contribution is 6.33. The van der Waals surface area contributed by atoms with Gasteiger partial charge in [-0.2, -0.15) is 0 Å². The molecular weight excluding hydrogens is 448 g/mol. The molecule has 0 spiro atoms. The summed E-state index contributed by atoms with van der Waals surface area (Å²) in [5.41, 5.74) is 8.02. The molecule has 3 rings (SSSR count). The first-order valence-electron chi connectivity index (χ1n) is 12.3. The first-order chi connectivity index (χ1) is 16.5. The van der Waals surface area contributed by atoms with E-state index >= 15 is 0 Å². The minimum atomic E-state index is -0.168. The highest BCUT2D eigenvalue weighted by atomic mass is 35.5. The summed E-state index contributed by atoms with van der Waals surface area (Å²) in [6.07, 6.45) is 5.98.